The molecule has 0 fully saturated rings. The second-order valence-electron chi connectivity index (χ2n) is 7.87. The zero-order chi connectivity index (χ0) is 26.2. The highest BCUT2D eigenvalue weighted by Crippen LogP contribution is 2.30. The molecular weight excluding hydrogens is 490 g/mol. The predicted octanol–water partition coefficient (Wildman–Crippen LogP) is 4.51. The van der Waals surface area contributed by atoms with Gasteiger partial charge in [0, 0.05) is 16.8 Å². The van der Waals surface area contributed by atoms with Crippen molar-refractivity contribution in [3.05, 3.63) is 77.9 Å². The monoisotopic (exact) mass is 517 g/mol. The Balaban J connectivity index is 1.51. The summed E-state index contributed by atoms with van der Waals surface area (Å²) in [5, 5.41) is 13.4. The smallest absolute Gasteiger partial charge is 0.250 e. The number of aromatic nitrogens is 3. The minimum atomic E-state index is -0.288. The number of para-hydroxylation sites is 1. The summed E-state index contributed by atoms with van der Waals surface area (Å²) in [5.41, 5.74) is 6.15. The van der Waals surface area contributed by atoms with Gasteiger partial charge in [0.15, 0.2) is 22.5 Å². The summed E-state index contributed by atoms with van der Waals surface area (Å²) in [6.45, 7) is 2.03. The number of carbonyl (C=O) groups excluding carboxylic acids is 1. The molecule has 1 amide bonds. The van der Waals surface area contributed by atoms with E-state index in [1.807, 2.05) is 72.2 Å². The van der Waals surface area contributed by atoms with Crippen LogP contribution in [0.2, 0.25) is 0 Å². The Bertz CT molecular complexity index is 1390. The number of methoxy groups -OCH3 is 3. The average Bonchev–Trinajstić information content (AvgIpc) is 3.36. The highest BCUT2D eigenvalue weighted by atomic mass is 32.2. The van der Waals surface area contributed by atoms with E-state index in [1.165, 1.54) is 18.0 Å². The minimum Gasteiger partial charge on any atom is -0.497 e. The molecule has 3 aromatic carbocycles. The molecule has 0 radical (unpaired) electrons. The number of nitrogens with zero attached hydrogens (tertiary/aromatic N) is 4. The molecule has 1 heterocycles. The van der Waals surface area contributed by atoms with Crippen LogP contribution in [0.5, 0.6) is 17.2 Å². The van der Waals surface area contributed by atoms with Crippen molar-refractivity contribution in [1.29, 1.82) is 0 Å². The number of hydrazone groups is 1. The molecule has 37 heavy (non-hydrogen) atoms. The van der Waals surface area contributed by atoms with E-state index >= 15 is 0 Å². The summed E-state index contributed by atoms with van der Waals surface area (Å²) in [6.07, 6.45) is 1.51. The summed E-state index contributed by atoms with van der Waals surface area (Å²) in [7, 11) is 4.74. The van der Waals surface area contributed by atoms with Gasteiger partial charge in [0.2, 0.25) is 0 Å². The van der Waals surface area contributed by atoms with Gasteiger partial charge in [-0.15, -0.1) is 10.2 Å². The molecule has 0 aliphatic heterocycles. The van der Waals surface area contributed by atoms with Crippen LogP contribution in [0.3, 0.4) is 0 Å². The maximum atomic E-state index is 12.6. The Morgan fingerprint density at radius 1 is 0.973 bits per heavy atom. The molecule has 4 aromatic rings. The standard InChI is InChI=1S/C27H27N5O4S/c1-18-8-10-19(11-9-18)26-30-31-27(32(26)21-12-14-22(34-2)15-13-21)37-17-24(33)29-28-16-20-6-5-7-23(35-3)25(20)36-4/h5-16H,17H2,1-4H3,(H,29,33)/b28-16-. The topological polar surface area (TPSA) is 99.9 Å². The fourth-order valence-corrected chi connectivity index (χ4v) is 4.31. The first kappa shape index (κ1) is 25.8. The second kappa shape index (κ2) is 12.1. The van der Waals surface area contributed by atoms with Crippen molar-refractivity contribution in [2.75, 3.05) is 27.1 Å². The first-order valence-electron chi connectivity index (χ1n) is 11.4. The lowest BCUT2D eigenvalue weighted by molar-refractivity contribution is -0.118. The van der Waals surface area contributed by atoms with Crippen LogP contribution >= 0.6 is 11.8 Å². The Hall–Kier alpha value is -4.31. The fourth-order valence-electron chi connectivity index (χ4n) is 3.57. The highest BCUT2D eigenvalue weighted by Gasteiger charge is 2.17. The van der Waals surface area contributed by atoms with Crippen LogP contribution in [0.15, 0.2) is 77.0 Å². The van der Waals surface area contributed by atoms with Gasteiger partial charge in [0.05, 0.1) is 33.3 Å². The summed E-state index contributed by atoms with van der Waals surface area (Å²) < 4.78 is 17.9. The highest BCUT2D eigenvalue weighted by molar-refractivity contribution is 7.99. The Labute approximate surface area is 219 Å². The maximum Gasteiger partial charge on any atom is 0.250 e. The van der Waals surface area contributed by atoms with Crippen LogP contribution in [-0.2, 0) is 4.79 Å². The molecule has 1 N–H and O–H groups in total. The van der Waals surface area contributed by atoms with Gasteiger partial charge in [-0.25, -0.2) is 5.43 Å². The average molecular weight is 518 g/mol. The second-order valence-corrected chi connectivity index (χ2v) is 8.81. The van der Waals surface area contributed by atoms with Gasteiger partial charge in [0.25, 0.3) is 5.91 Å². The molecule has 0 aliphatic rings. The van der Waals surface area contributed by atoms with Crippen LogP contribution in [-0.4, -0.2) is 54.0 Å². The van der Waals surface area contributed by atoms with Crippen LogP contribution in [0.4, 0.5) is 0 Å². The minimum absolute atomic E-state index is 0.0920. The third-order valence-corrected chi connectivity index (χ3v) is 6.36. The Morgan fingerprint density at radius 2 is 1.73 bits per heavy atom. The molecule has 0 saturated carbocycles. The SMILES string of the molecule is COc1ccc(-n2c(SCC(=O)N/N=C\c3cccc(OC)c3OC)nnc2-c2ccc(C)cc2)cc1. The van der Waals surface area contributed by atoms with Gasteiger partial charge in [-0.2, -0.15) is 5.10 Å². The number of hydrogen-bond donors (Lipinski definition) is 1. The van der Waals surface area contributed by atoms with E-state index in [0.717, 1.165) is 22.6 Å². The van der Waals surface area contributed by atoms with Gasteiger partial charge in [-0.1, -0.05) is 47.7 Å². The van der Waals surface area contributed by atoms with Crippen molar-refractivity contribution in [3.8, 4) is 34.3 Å². The quantitative estimate of drug-likeness (QED) is 0.188. The molecule has 9 nitrogen and oxygen atoms in total. The Morgan fingerprint density at radius 3 is 2.41 bits per heavy atom. The number of hydrogen-bond acceptors (Lipinski definition) is 8. The van der Waals surface area contributed by atoms with Crippen molar-refractivity contribution in [3.63, 3.8) is 0 Å². The number of carbonyl (C=O) groups is 1. The van der Waals surface area contributed by atoms with Crippen LogP contribution in [0.1, 0.15) is 11.1 Å². The number of nitrogens with one attached hydrogen (secondary N) is 1. The van der Waals surface area contributed by atoms with E-state index in [1.54, 1.807) is 27.4 Å². The number of ether oxygens (including phenoxy) is 3. The van der Waals surface area contributed by atoms with Crippen molar-refractivity contribution in [1.82, 2.24) is 20.2 Å². The van der Waals surface area contributed by atoms with Crippen LogP contribution < -0.4 is 19.6 Å². The molecule has 0 bridgehead atoms. The van der Waals surface area contributed by atoms with Gasteiger partial charge < -0.3 is 14.2 Å². The van der Waals surface area contributed by atoms with E-state index in [2.05, 4.69) is 20.7 Å². The third kappa shape index (κ3) is 6.10. The largest absolute Gasteiger partial charge is 0.497 e. The van der Waals surface area contributed by atoms with Crippen molar-refractivity contribution < 1.29 is 19.0 Å². The molecule has 0 spiro atoms. The molecule has 10 heteroatoms. The number of rotatable bonds is 10. The number of aryl methyl sites for hydroxylation is 1. The fraction of sp³-hybridized carbons (Fsp3) is 0.185. The van der Waals surface area contributed by atoms with Gasteiger partial charge >= 0.3 is 0 Å². The molecule has 0 aliphatic carbocycles. The molecule has 190 valence electrons. The molecule has 4 rings (SSSR count). The predicted molar refractivity (Wildman–Crippen MR) is 144 cm³/mol. The van der Waals surface area contributed by atoms with Crippen molar-refractivity contribution >= 4 is 23.9 Å². The van der Waals surface area contributed by atoms with Gasteiger partial charge in [-0.3, -0.25) is 9.36 Å². The summed E-state index contributed by atoms with van der Waals surface area (Å²) in [4.78, 5) is 12.6. The lowest BCUT2D eigenvalue weighted by atomic mass is 10.1. The third-order valence-electron chi connectivity index (χ3n) is 5.43. The number of benzene rings is 3. The molecule has 0 atom stereocenters. The van der Waals surface area contributed by atoms with E-state index in [9.17, 15) is 4.79 Å². The van der Waals surface area contributed by atoms with E-state index in [0.29, 0.717) is 28.0 Å². The van der Waals surface area contributed by atoms with Crippen LogP contribution in [0, 0.1) is 6.92 Å². The normalized spacial score (nSPS) is 10.9. The van der Waals surface area contributed by atoms with Crippen molar-refractivity contribution in [2.45, 2.75) is 12.1 Å². The van der Waals surface area contributed by atoms with E-state index in [-0.39, 0.29) is 11.7 Å². The molecule has 0 unspecified atom stereocenters. The lowest BCUT2D eigenvalue weighted by Crippen LogP contribution is -2.20. The van der Waals surface area contributed by atoms with Gasteiger partial charge in [0.1, 0.15) is 5.75 Å². The van der Waals surface area contributed by atoms with Gasteiger partial charge in [-0.05, 0) is 43.3 Å². The van der Waals surface area contributed by atoms with Crippen molar-refractivity contribution in [2.24, 2.45) is 5.10 Å². The molecule has 0 saturated heterocycles. The number of thioether (sulfide) groups is 1. The first-order chi connectivity index (χ1) is 18.0. The lowest BCUT2D eigenvalue weighted by Gasteiger charge is -2.11. The molecule has 1 aromatic heterocycles. The Kier molecular flexibility index (Phi) is 8.42. The van der Waals surface area contributed by atoms with E-state index < -0.39 is 0 Å². The summed E-state index contributed by atoms with van der Waals surface area (Å²) in [6, 6.07) is 21.1. The van der Waals surface area contributed by atoms with E-state index in [4.69, 9.17) is 14.2 Å². The zero-order valence-corrected chi connectivity index (χ0v) is 21.8. The first-order valence-corrected chi connectivity index (χ1v) is 12.3. The van der Waals surface area contributed by atoms with Crippen LogP contribution in [0.25, 0.3) is 17.1 Å². The summed E-state index contributed by atoms with van der Waals surface area (Å²) in [5.74, 6) is 2.34. The summed E-state index contributed by atoms with van der Waals surface area (Å²) >= 11 is 1.27. The molecular formula is C27H27N5O4S. The zero-order valence-electron chi connectivity index (χ0n) is 21.0. The maximum absolute atomic E-state index is 12.6. The number of amides is 1.